The molecular weight excluding hydrogens is 306 g/mol. The summed E-state index contributed by atoms with van der Waals surface area (Å²) in [6.45, 7) is 0.295. The Bertz CT molecular complexity index is 368. The summed E-state index contributed by atoms with van der Waals surface area (Å²) in [5.74, 6) is -0.520. The molecule has 16 heavy (non-hydrogen) atoms. The maximum Gasteiger partial charge on any atom is 0.351 e. The van der Waals surface area contributed by atoms with Crippen LogP contribution in [0.3, 0.4) is 0 Å². The van der Waals surface area contributed by atoms with E-state index in [1.807, 2.05) is 0 Å². The van der Waals surface area contributed by atoms with E-state index in [0.29, 0.717) is 23.3 Å². The molecular formula is C9H9BrF2O3S. The number of methoxy groups -OCH3 is 1. The minimum absolute atomic E-state index is 0.0683. The fourth-order valence-corrected chi connectivity index (χ4v) is 2.03. The van der Waals surface area contributed by atoms with E-state index in [-0.39, 0.29) is 15.5 Å². The van der Waals surface area contributed by atoms with Crippen LogP contribution in [0.15, 0.2) is 6.07 Å². The second-order valence-electron chi connectivity index (χ2n) is 2.67. The average Bonchev–Trinajstić information content (AvgIpc) is 2.69. The van der Waals surface area contributed by atoms with Crippen molar-refractivity contribution in [3.63, 3.8) is 0 Å². The van der Waals surface area contributed by atoms with Crippen LogP contribution in [0, 0.1) is 0 Å². The molecule has 3 nitrogen and oxygen atoms in total. The molecule has 1 heterocycles. The van der Waals surface area contributed by atoms with Gasteiger partial charge in [-0.05, 0) is 0 Å². The molecule has 0 aliphatic rings. The SMILES string of the molecule is COC(=O)c1sc(C(F)F)cc1OCCBr. The van der Waals surface area contributed by atoms with E-state index >= 15 is 0 Å². The number of hydrogen-bond acceptors (Lipinski definition) is 4. The van der Waals surface area contributed by atoms with E-state index in [1.165, 1.54) is 13.2 Å². The average molecular weight is 315 g/mol. The highest BCUT2D eigenvalue weighted by Gasteiger charge is 2.22. The van der Waals surface area contributed by atoms with Crippen LogP contribution in [0.2, 0.25) is 0 Å². The molecule has 0 aliphatic carbocycles. The van der Waals surface area contributed by atoms with Crippen molar-refractivity contribution in [1.82, 2.24) is 0 Å². The van der Waals surface area contributed by atoms with Crippen molar-refractivity contribution in [3.05, 3.63) is 15.8 Å². The normalized spacial score (nSPS) is 10.6. The molecule has 0 saturated heterocycles. The van der Waals surface area contributed by atoms with Gasteiger partial charge in [0.15, 0.2) is 4.88 Å². The first kappa shape index (κ1) is 13.4. The Morgan fingerprint density at radius 2 is 2.31 bits per heavy atom. The molecule has 0 fully saturated rings. The van der Waals surface area contributed by atoms with Gasteiger partial charge in [-0.1, -0.05) is 15.9 Å². The van der Waals surface area contributed by atoms with E-state index in [1.54, 1.807) is 0 Å². The first-order valence-corrected chi connectivity index (χ1v) is 6.23. The van der Waals surface area contributed by atoms with Crippen molar-refractivity contribution < 1.29 is 23.0 Å². The van der Waals surface area contributed by atoms with Crippen LogP contribution < -0.4 is 4.74 Å². The minimum Gasteiger partial charge on any atom is -0.491 e. The van der Waals surface area contributed by atoms with Gasteiger partial charge in [-0.3, -0.25) is 0 Å². The zero-order valence-electron chi connectivity index (χ0n) is 8.34. The number of rotatable bonds is 5. The Labute approximate surface area is 103 Å². The molecule has 1 rings (SSSR count). The summed E-state index contributed by atoms with van der Waals surface area (Å²) in [7, 11) is 1.19. The van der Waals surface area contributed by atoms with Crippen LogP contribution in [0.1, 0.15) is 21.0 Å². The Morgan fingerprint density at radius 1 is 1.62 bits per heavy atom. The third kappa shape index (κ3) is 3.15. The molecule has 0 saturated carbocycles. The Morgan fingerprint density at radius 3 is 2.81 bits per heavy atom. The third-order valence-electron chi connectivity index (χ3n) is 1.64. The van der Waals surface area contributed by atoms with Crippen molar-refractivity contribution >= 4 is 33.2 Å². The van der Waals surface area contributed by atoms with E-state index < -0.39 is 12.4 Å². The lowest BCUT2D eigenvalue weighted by Gasteiger charge is -2.03. The minimum atomic E-state index is -2.62. The second kappa shape index (κ2) is 6.15. The van der Waals surface area contributed by atoms with Gasteiger partial charge in [0.25, 0.3) is 6.43 Å². The Kier molecular flexibility index (Phi) is 5.14. The molecule has 0 atom stereocenters. The molecule has 0 N–H and O–H groups in total. The lowest BCUT2D eigenvalue weighted by molar-refractivity contribution is 0.0602. The van der Waals surface area contributed by atoms with Crippen molar-refractivity contribution in [2.24, 2.45) is 0 Å². The lowest BCUT2D eigenvalue weighted by atomic mass is 10.4. The highest BCUT2D eigenvalue weighted by Crippen LogP contribution is 2.35. The molecule has 0 spiro atoms. The molecule has 7 heteroatoms. The van der Waals surface area contributed by atoms with Crippen LogP contribution in [0.4, 0.5) is 8.78 Å². The molecule has 90 valence electrons. The number of hydrogen-bond donors (Lipinski definition) is 0. The van der Waals surface area contributed by atoms with Crippen LogP contribution in [0.25, 0.3) is 0 Å². The van der Waals surface area contributed by atoms with Gasteiger partial charge in [0.2, 0.25) is 0 Å². The van der Waals surface area contributed by atoms with Gasteiger partial charge in [0.1, 0.15) is 5.75 Å². The van der Waals surface area contributed by atoms with Gasteiger partial charge in [0, 0.05) is 11.4 Å². The van der Waals surface area contributed by atoms with Gasteiger partial charge in [-0.2, -0.15) is 0 Å². The van der Waals surface area contributed by atoms with E-state index in [9.17, 15) is 13.6 Å². The molecule has 0 bridgehead atoms. The van der Waals surface area contributed by atoms with Gasteiger partial charge in [0.05, 0.1) is 18.6 Å². The predicted octanol–water partition coefficient (Wildman–Crippen LogP) is 3.25. The fourth-order valence-electron chi connectivity index (χ4n) is 0.991. The van der Waals surface area contributed by atoms with Crippen LogP contribution in [-0.4, -0.2) is 25.0 Å². The molecule has 0 aliphatic heterocycles. The molecule has 1 aromatic rings. The van der Waals surface area contributed by atoms with Crippen LogP contribution >= 0.6 is 27.3 Å². The largest absolute Gasteiger partial charge is 0.491 e. The van der Waals surface area contributed by atoms with E-state index in [4.69, 9.17) is 4.74 Å². The van der Waals surface area contributed by atoms with Gasteiger partial charge < -0.3 is 9.47 Å². The number of thiophene rings is 1. The summed E-state index contributed by atoms with van der Waals surface area (Å²) in [6, 6.07) is 1.17. The summed E-state index contributed by atoms with van der Waals surface area (Å²) in [6.07, 6.45) is -2.62. The highest BCUT2D eigenvalue weighted by atomic mass is 79.9. The van der Waals surface area contributed by atoms with Crippen molar-refractivity contribution in [2.45, 2.75) is 6.43 Å². The number of halogens is 3. The van der Waals surface area contributed by atoms with E-state index in [2.05, 4.69) is 20.7 Å². The molecule has 1 aromatic heterocycles. The van der Waals surface area contributed by atoms with Crippen molar-refractivity contribution in [1.29, 1.82) is 0 Å². The first-order chi connectivity index (χ1) is 7.60. The quantitative estimate of drug-likeness (QED) is 0.618. The zero-order valence-corrected chi connectivity index (χ0v) is 10.7. The Hall–Kier alpha value is -0.690. The van der Waals surface area contributed by atoms with E-state index in [0.717, 1.165) is 0 Å². The maximum absolute atomic E-state index is 12.4. The van der Waals surface area contributed by atoms with Crippen LogP contribution in [0.5, 0.6) is 5.75 Å². The smallest absolute Gasteiger partial charge is 0.351 e. The summed E-state index contributed by atoms with van der Waals surface area (Å²) < 4.78 is 34.5. The number of carbonyl (C=O) groups is 1. The third-order valence-corrected chi connectivity index (χ3v) is 3.07. The zero-order chi connectivity index (χ0) is 12.1. The summed E-state index contributed by atoms with van der Waals surface area (Å²) in [5.41, 5.74) is 0. The molecule has 0 amide bonds. The summed E-state index contributed by atoms with van der Waals surface area (Å²) >= 11 is 3.82. The van der Waals surface area contributed by atoms with Gasteiger partial charge in [-0.15, -0.1) is 11.3 Å². The van der Waals surface area contributed by atoms with Crippen molar-refractivity contribution in [3.8, 4) is 5.75 Å². The monoisotopic (exact) mass is 314 g/mol. The topological polar surface area (TPSA) is 35.5 Å². The second-order valence-corrected chi connectivity index (χ2v) is 4.55. The number of ether oxygens (including phenoxy) is 2. The first-order valence-electron chi connectivity index (χ1n) is 4.29. The summed E-state index contributed by atoms with van der Waals surface area (Å²) in [5, 5.41) is 0.549. The van der Waals surface area contributed by atoms with Gasteiger partial charge in [-0.25, -0.2) is 13.6 Å². The maximum atomic E-state index is 12.4. The van der Waals surface area contributed by atoms with Crippen LogP contribution in [-0.2, 0) is 4.74 Å². The number of esters is 1. The molecule has 0 unspecified atom stereocenters. The summed E-state index contributed by atoms with van der Waals surface area (Å²) in [4.78, 5) is 11.1. The lowest BCUT2D eigenvalue weighted by Crippen LogP contribution is -2.03. The highest BCUT2D eigenvalue weighted by molar-refractivity contribution is 9.09. The van der Waals surface area contributed by atoms with Crippen molar-refractivity contribution in [2.75, 3.05) is 19.0 Å². The number of alkyl halides is 3. The fraction of sp³-hybridized carbons (Fsp3) is 0.444. The predicted molar refractivity (Wildman–Crippen MR) is 59.9 cm³/mol. The Balaban J connectivity index is 2.97. The standard InChI is InChI=1S/C9H9BrF2O3S/c1-14-9(13)7-5(15-3-2-10)4-6(16-7)8(11)12/h4,8H,2-3H2,1H3. The number of carbonyl (C=O) groups excluding carboxylic acids is 1. The van der Waals surface area contributed by atoms with Gasteiger partial charge >= 0.3 is 5.97 Å². The molecule has 0 aromatic carbocycles. The molecule has 0 radical (unpaired) electrons.